The van der Waals surface area contributed by atoms with E-state index in [-0.39, 0.29) is 11.3 Å². The van der Waals surface area contributed by atoms with E-state index in [0.717, 1.165) is 0 Å². The zero-order valence-electron chi connectivity index (χ0n) is 10.8. The summed E-state index contributed by atoms with van der Waals surface area (Å²) in [4.78, 5) is 14.2. The van der Waals surface area contributed by atoms with Crippen molar-refractivity contribution in [2.75, 3.05) is 11.9 Å². The van der Waals surface area contributed by atoms with E-state index < -0.39 is 4.92 Å². The monoisotopic (exact) mass is 272 g/mol. The number of nitrogens with zero attached hydrogens (tertiary/aromatic N) is 5. The van der Waals surface area contributed by atoms with Gasteiger partial charge in [-0.05, 0) is 6.07 Å². The lowest BCUT2D eigenvalue weighted by atomic mass is 10.1. The summed E-state index contributed by atoms with van der Waals surface area (Å²) in [5.74, 6) is 0.695. The largest absolute Gasteiger partial charge is 0.384 e. The molecule has 0 radical (unpaired) electrons. The Labute approximate surface area is 114 Å². The molecule has 0 aliphatic carbocycles. The fourth-order valence-electron chi connectivity index (χ4n) is 1.70. The molecule has 1 N–H and O–H groups in total. The van der Waals surface area contributed by atoms with E-state index in [1.54, 1.807) is 18.1 Å². The van der Waals surface area contributed by atoms with E-state index in [1.165, 1.54) is 18.2 Å². The first kappa shape index (κ1) is 13.5. The Hall–Kier alpha value is -2.95. The van der Waals surface area contributed by atoms with Gasteiger partial charge < -0.3 is 5.32 Å². The van der Waals surface area contributed by atoms with Crippen LogP contribution in [-0.2, 0) is 13.5 Å². The molecule has 0 spiro atoms. The van der Waals surface area contributed by atoms with Crippen molar-refractivity contribution in [3.8, 4) is 6.07 Å². The normalized spacial score (nSPS) is 10.0. The van der Waals surface area contributed by atoms with Crippen LogP contribution in [0, 0.1) is 21.4 Å². The molecular weight excluding hydrogens is 260 g/mol. The third-order valence-corrected chi connectivity index (χ3v) is 2.65. The van der Waals surface area contributed by atoms with E-state index in [9.17, 15) is 10.1 Å². The van der Waals surface area contributed by atoms with E-state index in [0.29, 0.717) is 24.5 Å². The van der Waals surface area contributed by atoms with Crippen LogP contribution < -0.4 is 5.32 Å². The van der Waals surface area contributed by atoms with Crippen molar-refractivity contribution in [2.45, 2.75) is 6.42 Å². The van der Waals surface area contributed by atoms with E-state index in [4.69, 9.17) is 5.26 Å². The Bertz CT molecular complexity index is 673. The molecule has 1 aromatic heterocycles. The van der Waals surface area contributed by atoms with Crippen LogP contribution in [0.3, 0.4) is 0 Å². The fourth-order valence-corrected chi connectivity index (χ4v) is 1.70. The van der Waals surface area contributed by atoms with E-state index >= 15 is 0 Å². The number of aromatic nitrogens is 3. The summed E-state index contributed by atoms with van der Waals surface area (Å²) in [6.45, 7) is 0.538. The maximum atomic E-state index is 10.6. The summed E-state index contributed by atoms with van der Waals surface area (Å²) in [5.41, 5.74) is 0.709. The number of nitrogens with one attached hydrogen (secondary N) is 1. The second kappa shape index (κ2) is 5.79. The lowest BCUT2D eigenvalue weighted by Gasteiger charge is -2.06. The molecule has 0 aliphatic heterocycles. The molecule has 0 aliphatic rings. The van der Waals surface area contributed by atoms with Gasteiger partial charge in [-0.3, -0.25) is 14.8 Å². The van der Waals surface area contributed by atoms with Crippen LogP contribution in [-0.4, -0.2) is 26.2 Å². The number of rotatable bonds is 5. The number of non-ortho nitro benzene ring substituents is 1. The van der Waals surface area contributed by atoms with Crippen LogP contribution in [0.2, 0.25) is 0 Å². The molecule has 20 heavy (non-hydrogen) atoms. The van der Waals surface area contributed by atoms with Crippen molar-refractivity contribution in [2.24, 2.45) is 7.05 Å². The molecule has 0 atom stereocenters. The quantitative estimate of drug-likeness (QED) is 0.648. The number of anilines is 1. The minimum atomic E-state index is -0.525. The fraction of sp³-hybridized carbons (Fsp3) is 0.250. The smallest absolute Gasteiger partial charge is 0.270 e. The van der Waals surface area contributed by atoms with Gasteiger partial charge in [0.15, 0.2) is 5.82 Å². The maximum Gasteiger partial charge on any atom is 0.270 e. The lowest BCUT2D eigenvalue weighted by Crippen LogP contribution is -2.07. The molecule has 0 fully saturated rings. The third kappa shape index (κ3) is 3.08. The number of benzene rings is 1. The highest BCUT2D eigenvalue weighted by Crippen LogP contribution is 2.21. The highest BCUT2D eigenvalue weighted by atomic mass is 16.6. The van der Waals surface area contributed by atoms with Crippen molar-refractivity contribution in [3.05, 3.63) is 46.0 Å². The summed E-state index contributed by atoms with van der Waals surface area (Å²) >= 11 is 0. The summed E-state index contributed by atoms with van der Waals surface area (Å²) in [6.07, 6.45) is 2.21. The average Bonchev–Trinajstić information content (AvgIpc) is 2.84. The number of hydrogen-bond acceptors (Lipinski definition) is 6. The van der Waals surface area contributed by atoms with Crippen LogP contribution in [0.4, 0.5) is 11.4 Å². The van der Waals surface area contributed by atoms with Gasteiger partial charge >= 0.3 is 0 Å². The molecule has 0 unspecified atom stereocenters. The Morgan fingerprint density at radius 3 is 2.95 bits per heavy atom. The minimum Gasteiger partial charge on any atom is -0.384 e. The van der Waals surface area contributed by atoms with E-state index in [2.05, 4.69) is 15.4 Å². The van der Waals surface area contributed by atoms with Gasteiger partial charge in [0.05, 0.1) is 16.2 Å². The zero-order valence-corrected chi connectivity index (χ0v) is 10.8. The molecule has 8 heteroatoms. The second-order valence-electron chi connectivity index (χ2n) is 4.11. The van der Waals surface area contributed by atoms with Crippen LogP contribution >= 0.6 is 0 Å². The molecule has 1 aromatic carbocycles. The molecule has 102 valence electrons. The molecule has 2 rings (SSSR count). The van der Waals surface area contributed by atoms with Crippen molar-refractivity contribution in [3.63, 3.8) is 0 Å². The molecule has 0 bridgehead atoms. The number of aryl methyl sites for hydroxylation is 1. The van der Waals surface area contributed by atoms with Crippen LogP contribution in [0.1, 0.15) is 11.4 Å². The highest BCUT2D eigenvalue weighted by molar-refractivity contribution is 5.61. The Morgan fingerprint density at radius 1 is 1.55 bits per heavy atom. The third-order valence-electron chi connectivity index (χ3n) is 2.65. The molecule has 2 aromatic rings. The SMILES string of the molecule is Cn1cnc(CCNc2ccc([N+](=O)[O-])cc2C#N)n1. The van der Waals surface area contributed by atoms with Gasteiger partial charge in [-0.1, -0.05) is 0 Å². The second-order valence-corrected chi connectivity index (χ2v) is 4.11. The number of hydrogen-bond donors (Lipinski definition) is 1. The zero-order chi connectivity index (χ0) is 14.5. The number of nitriles is 1. The minimum absolute atomic E-state index is 0.0986. The summed E-state index contributed by atoms with van der Waals surface area (Å²) in [7, 11) is 1.79. The molecule has 1 heterocycles. The van der Waals surface area contributed by atoms with Crippen LogP contribution in [0.15, 0.2) is 24.5 Å². The molecular formula is C12H12N6O2. The van der Waals surface area contributed by atoms with E-state index in [1.807, 2.05) is 6.07 Å². The molecule has 0 saturated carbocycles. The predicted octanol–water partition coefficient (Wildman–Crippen LogP) is 1.25. The van der Waals surface area contributed by atoms with Crippen LogP contribution in [0.25, 0.3) is 0 Å². The highest BCUT2D eigenvalue weighted by Gasteiger charge is 2.10. The van der Waals surface area contributed by atoms with Gasteiger partial charge in [0.1, 0.15) is 12.4 Å². The molecule has 0 amide bonds. The first-order valence-electron chi connectivity index (χ1n) is 5.87. The van der Waals surface area contributed by atoms with Gasteiger partial charge in [-0.2, -0.15) is 10.4 Å². The standard InChI is InChI=1S/C12H12N6O2/c1-17-8-15-12(16-17)4-5-14-11-3-2-10(18(19)20)6-9(11)7-13/h2-3,6,8,14H,4-5H2,1H3. The van der Waals surface area contributed by atoms with Gasteiger partial charge in [-0.15, -0.1) is 0 Å². The van der Waals surface area contributed by atoms with Crippen molar-refractivity contribution in [1.29, 1.82) is 5.26 Å². The van der Waals surface area contributed by atoms with Crippen LogP contribution in [0.5, 0.6) is 0 Å². The molecule has 0 saturated heterocycles. The van der Waals surface area contributed by atoms with Gasteiger partial charge in [-0.25, -0.2) is 4.98 Å². The van der Waals surface area contributed by atoms with Crippen molar-refractivity contribution >= 4 is 11.4 Å². The molecule has 8 nitrogen and oxygen atoms in total. The van der Waals surface area contributed by atoms with Gasteiger partial charge in [0, 0.05) is 32.1 Å². The van der Waals surface area contributed by atoms with Gasteiger partial charge in [0.25, 0.3) is 5.69 Å². The van der Waals surface area contributed by atoms with Gasteiger partial charge in [0.2, 0.25) is 0 Å². The first-order valence-corrected chi connectivity index (χ1v) is 5.87. The number of nitro groups is 1. The lowest BCUT2D eigenvalue weighted by molar-refractivity contribution is -0.384. The topological polar surface area (TPSA) is 110 Å². The average molecular weight is 272 g/mol. The van der Waals surface area contributed by atoms with Crippen molar-refractivity contribution in [1.82, 2.24) is 14.8 Å². The predicted molar refractivity (Wildman–Crippen MR) is 71.0 cm³/mol. The maximum absolute atomic E-state index is 10.6. The summed E-state index contributed by atoms with van der Waals surface area (Å²) < 4.78 is 1.61. The Balaban J connectivity index is 2.02. The number of nitro benzene ring substituents is 1. The van der Waals surface area contributed by atoms with Crippen molar-refractivity contribution < 1.29 is 4.92 Å². The Morgan fingerprint density at radius 2 is 2.35 bits per heavy atom. The summed E-state index contributed by atoms with van der Waals surface area (Å²) in [6, 6.07) is 6.09. The first-order chi connectivity index (χ1) is 9.60. The Kier molecular flexibility index (Phi) is 3.91. The summed E-state index contributed by atoms with van der Waals surface area (Å²) in [5, 5.41) is 26.8.